The van der Waals surface area contributed by atoms with Gasteiger partial charge in [0.15, 0.2) is 11.6 Å². The average Bonchev–Trinajstić information content (AvgIpc) is 2.36. The highest BCUT2D eigenvalue weighted by atomic mass is 16.5. The quantitative estimate of drug-likeness (QED) is 0.572. The molecule has 0 bridgehead atoms. The molecule has 0 aliphatic rings. The normalized spacial score (nSPS) is 11.9. The van der Waals surface area contributed by atoms with Crippen molar-refractivity contribution >= 4 is 11.7 Å². The maximum Gasteiger partial charge on any atom is 0.171 e. The van der Waals surface area contributed by atoms with E-state index in [4.69, 9.17) is 15.9 Å². The Morgan fingerprint density at radius 1 is 1.61 bits per heavy atom. The Kier molecular flexibility index (Phi) is 5.42. The van der Waals surface area contributed by atoms with Gasteiger partial charge in [0.1, 0.15) is 0 Å². The topological polar surface area (TPSA) is 75.2 Å². The lowest BCUT2D eigenvalue weighted by Gasteiger charge is -2.23. The number of anilines is 1. The molecule has 1 aromatic rings. The third-order valence-electron chi connectivity index (χ3n) is 2.65. The Labute approximate surface area is 108 Å². The molecule has 0 aliphatic carbocycles. The van der Waals surface area contributed by atoms with Crippen molar-refractivity contribution in [3.05, 3.63) is 18.3 Å². The number of nitrogens with zero attached hydrogens (tertiary/aromatic N) is 2. The molecule has 1 unspecified atom stereocenters. The van der Waals surface area contributed by atoms with Crippen molar-refractivity contribution in [2.75, 3.05) is 25.1 Å². The van der Waals surface area contributed by atoms with Crippen LogP contribution in [0.4, 0.5) is 5.82 Å². The van der Waals surface area contributed by atoms with E-state index in [-0.39, 0.29) is 11.8 Å². The van der Waals surface area contributed by atoms with Gasteiger partial charge in [-0.25, -0.2) is 4.98 Å². The van der Waals surface area contributed by atoms with E-state index in [0.717, 1.165) is 18.0 Å². The summed E-state index contributed by atoms with van der Waals surface area (Å²) in [5.41, 5.74) is 5.49. The van der Waals surface area contributed by atoms with Crippen LogP contribution in [-0.4, -0.2) is 31.0 Å². The van der Waals surface area contributed by atoms with Gasteiger partial charge in [0.2, 0.25) is 0 Å². The minimum absolute atomic E-state index is 0.00367. The van der Waals surface area contributed by atoms with Crippen molar-refractivity contribution < 1.29 is 4.74 Å². The summed E-state index contributed by atoms with van der Waals surface area (Å²) in [5, 5.41) is 7.42. The first-order chi connectivity index (χ1) is 8.56. The summed E-state index contributed by atoms with van der Waals surface area (Å²) in [6.45, 7) is 5.32. The van der Waals surface area contributed by atoms with Crippen molar-refractivity contribution in [3.63, 3.8) is 0 Å². The first-order valence-corrected chi connectivity index (χ1v) is 6.19. The number of hydrogen-bond acceptors (Lipinski definition) is 4. The zero-order chi connectivity index (χ0) is 13.5. The molecule has 0 saturated carbocycles. The third kappa shape index (κ3) is 3.91. The van der Waals surface area contributed by atoms with Gasteiger partial charge in [0, 0.05) is 25.7 Å². The smallest absolute Gasteiger partial charge is 0.171 e. The van der Waals surface area contributed by atoms with Crippen molar-refractivity contribution in [2.45, 2.75) is 20.3 Å². The SMILES string of the molecule is CCCOc1cccnc1N(C)CC(C)C(=N)N. The first-order valence-electron chi connectivity index (χ1n) is 6.19. The zero-order valence-electron chi connectivity index (χ0n) is 11.3. The summed E-state index contributed by atoms with van der Waals surface area (Å²) in [7, 11) is 1.93. The summed E-state index contributed by atoms with van der Waals surface area (Å²) in [5.74, 6) is 1.75. The van der Waals surface area contributed by atoms with E-state index >= 15 is 0 Å². The molecule has 5 nitrogen and oxygen atoms in total. The Morgan fingerprint density at radius 2 is 2.33 bits per heavy atom. The Hall–Kier alpha value is -1.78. The Bertz CT molecular complexity index is 394. The van der Waals surface area contributed by atoms with Crippen LogP contribution in [0, 0.1) is 11.3 Å². The molecule has 0 aromatic carbocycles. The van der Waals surface area contributed by atoms with Gasteiger partial charge < -0.3 is 15.4 Å². The molecule has 1 heterocycles. The van der Waals surface area contributed by atoms with Gasteiger partial charge in [0.05, 0.1) is 12.4 Å². The van der Waals surface area contributed by atoms with Gasteiger partial charge in [-0.1, -0.05) is 13.8 Å². The van der Waals surface area contributed by atoms with Crippen LogP contribution >= 0.6 is 0 Å². The monoisotopic (exact) mass is 250 g/mol. The molecule has 18 heavy (non-hydrogen) atoms. The number of aromatic nitrogens is 1. The van der Waals surface area contributed by atoms with Gasteiger partial charge in [0.25, 0.3) is 0 Å². The molecule has 0 aliphatic heterocycles. The maximum absolute atomic E-state index is 7.42. The number of rotatable bonds is 7. The highest BCUT2D eigenvalue weighted by Gasteiger charge is 2.14. The first kappa shape index (κ1) is 14.3. The maximum atomic E-state index is 7.42. The van der Waals surface area contributed by atoms with Crippen LogP contribution in [0.15, 0.2) is 18.3 Å². The van der Waals surface area contributed by atoms with Crippen LogP contribution in [0.2, 0.25) is 0 Å². The highest BCUT2D eigenvalue weighted by molar-refractivity contribution is 5.79. The Balaban J connectivity index is 2.77. The lowest BCUT2D eigenvalue weighted by molar-refractivity contribution is 0.316. The number of nitrogens with one attached hydrogen (secondary N) is 1. The lowest BCUT2D eigenvalue weighted by Crippen LogP contribution is -2.32. The average molecular weight is 250 g/mol. The standard InChI is InChI=1S/C13H22N4O/c1-4-8-18-11-6-5-7-16-13(11)17(3)9-10(2)12(14)15/h5-7,10H,4,8-9H2,1-3H3,(H3,14,15). The minimum atomic E-state index is -0.00367. The molecule has 5 heteroatoms. The van der Waals surface area contributed by atoms with Crippen LogP contribution in [0.5, 0.6) is 5.75 Å². The highest BCUT2D eigenvalue weighted by Crippen LogP contribution is 2.24. The van der Waals surface area contributed by atoms with Crippen LogP contribution in [0.1, 0.15) is 20.3 Å². The van der Waals surface area contributed by atoms with E-state index in [1.54, 1.807) is 6.20 Å². The van der Waals surface area contributed by atoms with E-state index < -0.39 is 0 Å². The summed E-state index contributed by atoms with van der Waals surface area (Å²) in [6, 6.07) is 3.77. The van der Waals surface area contributed by atoms with E-state index in [1.165, 1.54) is 0 Å². The summed E-state index contributed by atoms with van der Waals surface area (Å²) < 4.78 is 5.66. The van der Waals surface area contributed by atoms with Gasteiger partial charge in [-0.2, -0.15) is 0 Å². The molecule has 100 valence electrons. The van der Waals surface area contributed by atoms with Crippen molar-refractivity contribution in [1.29, 1.82) is 5.41 Å². The molecular weight excluding hydrogens is 228 g/mol. The van der Waals surface area contributed by atoms with Crippen molar-refractivity contribution in [2.24, 2.45) is 11.7 Å². The second kappa shape index (κ2) is 6.83. The fourth-order valence-corrected chi connectivity index (χ4v) is 1.59. The van der Waals surface area contributed by atoms with Crippen molar-refractivity contribution in [1.82, 2.24) is 4.98 Å². The molecule has 0 saturated heterocycles. The molecule has 0 spiro atoms. The predicted octanol–water partition coefficient (Wildman–Crippen LogP) is 1.88. The molecule has 1 atom stereocenters. The number of hydrogen-bond donors (Lipinski definition) is 2. The van der Waals surface area contributed by atoms with E-state index in [2.05, 4.69) is 11.9 Å². The van der Waals surface area contributed by atoms with Gasteiger partial charge in [-0.3, -0.25) is 5.41 Å². The minimum Gasteiger partial charge on any atom is -0.490 e. The van der Waals surface area contributed by atoms with Crippen molar-refractivity contribution in [3.8, 4) is 5.75 Å². The number of pyridine rings is 1. The second-order valence-corrected chi connectivity index (χ2v) is 4.41. The molecule has 1 aromatic heterocycles. The van der Waals surface area contributed by atoms with Crippen LogP contribution in [0.25, 0.3) is 0 Å². The Morgan fingerprint density at radius 3 is 2.94 bits per heavy atom. The number of amidine groups is 1. The van der Waals surface area contributed by atoms with Gasteiger partial charge in [-0.05, 0) is 18.6 Å². The largest absolute Gasteiger partial charge is 0.490 e. The predicted molar refractivity (Wildman–Crippen MR) is 74.4 cm³/mol. The molecule has 0 fully saturated rings. The summed E-state index contributed by atoms with van der Waals surface area (Å²) in [6.07, 6.45) is 2.70. The van der Waals surface area contributed by atoms with E-state index in [9.17, 15) is 0 Å². The lowest BCUT2D eigenvalue weighted by atomic mass is 10.1. The zero-order valence-corrected chi connectivity index (χ0v) is 11.3. The van der Waals surface area contributed by atoms with Crippen LogP contribution in [-0.2, 0) is 0 Å². The second-order valence-electron chi connectivity index (χ2n) is 4.41. The molecule has 3 N–H and O–H groups in total. The van der Waals surface area contributed by atoms with Gasteiger partial charge in [-0.15, -0.1) is 0 Å². The van der Waals surface area contributed by atoms with E-state index in [0.29, 0.717) is 13.2 Å². The molecule has 1 rings (SSSR count). The van der Waals surface area contributed by atoms with Gasteiger partial charge >= 0.3 is 0 Å². The molecular formula is C13H22N4O. The fraction of sp³-hybridized carbons (Fsp3) is 0.538. The number of ether oxygens (including phenoxy) is 1. The summed E-state index contributed by atoms with van der Waals surface area (Å²) >= 11 is 0. The van der Waals surface area contributed by atoms with E-state index in [1.807, 2.05) is 31.0 Å². The fourth-order valence-electron chi connectivity index (χ4n) is 1.59. The third-order valence-corrected chi connectivity index (χ3v) is 2.65. The number of nitrogens with two attached hydrogens (primary N) is 1. The van der Waals surface area contributed by atoms with Crippen LogP contribution < -0.4 is 15.4 Å². The molecule has 0 radical (unpaired) electrons. The molecule has 0 amide bonds. The van der Waals surface area contributed by atoms with Crippen LogP contribution in [0.3, 0.4) is 0 Å². The summed E-state index contributed by atoms with van der Waals surface area (Å²) in [4.78, 5) is 6.30.